The van der Waals surface area contributed by atoms with E-state index in [1.165, 1.54) is 44.5 Å². The average molecular weight is 371 g/mol. The Balaban J connectivity index is 1.67. The van der Waals surface area contributed by atoms with Gasteiger partial charge in [-0.05, 0) is 39.5 Å². The molecule has 152 valence electrons. The Morgan fingerprint density at radius 3 is 1.67 bits per heavy atom. The van der Waals surface area contributed by atoms with Gasteiger partial charge in [0.05, 0.1) is 14.1 Å². The van der Waals surface area contributed by atoms with Gasteiger partial charge in [0, 0.05) is 12.1 Å². The molecule has 0 aromatic rings. The molecule has 3 nitrogen and oxygen atoms in total. The second-order valence-corrected chi connectivity index (χ2v) is 11.8. The maximum atomic E-state index is 3.00. The topological polar surface area (TPSA) is 9.49 Å². The molecular weight excluding hydrogens is 329 g/mol. The molecule has 0 spiro atoms. The van der Waals surface area contributed by atoms with E-state index in [1.54, 1.807) is 12.8 Å². The lowest BCUT2D eigenvalue weighted by Crippen LogP contribution is -2.84. The van der Waals surface area contributed by atoms with E-state index in [2.05, 4.69) is 56.0 Å². The van der Waals surface area contributed by atoms with Crippen LogP contribution in [0.1, 0.15) is 79.1 Å². The molecule has 1 heterocycles. The van der Waals surface area contributed by atoms with Crippen LogP contribution >= 0.6 is 0 Å². The second kappa shape index (κ2) is 6.16. The SMILES string of the molecule is CC(C)N1C(N(C)C)=[N+](C(C)C)[B-]1([C@@H]1C[C@H]2CC[C@@H]1C2)[C@@H]1C[C@H]2CC[C@@H]1C2. The maximum Gasteiger partial charge on any atom is 0.322 e. The zero-order valence-corrected chi connectivity index (χ0v) is 18.7. The second-order valence-electron chi connectivity index (χ2n) is 11.8. The van der Waals surface area contributed by atoms with Crippen molar-refractivity contribution in [3.63, 3.8) is 0 Å². The van der Waals surface area contributed by atoms with Gasteiger partial charge < -0.3 is 9.30 Å². The zero-order valence-electron chi connectivity index (χ0n) is 18.7. The highest BCUT2D eigenvalue weighted by molar-refractivity contribution is 6.78. The summed E-state index contributed by atoms with van der Waals surface area (Å²) in [6.07, 6.45) is 11.7. The molecule has 1 aliphatic heterocycles. The predicted octanol–water partition coefficient (Wildman–Crippen LogP) is 4.87. The van der Waals surface area contributed by atoms with E-state index in [1.807, 2.05) is 0 Å². The van der Waals surface area contributed by atoms with E-state index in [0.29, 0.717) is 12.1 Å². The van der Waals surface area contributed by atoms with Crippen molar-refractivity contribution in [1.82, 2.24) is 9.71 Å². The van der Waals surface area contributed by atoms with Gasteiger partial charge >= 0.3 is 6.42 Å². The van der Waals surface area contributed by atoms with Gasteiger partial charge in [0.1, 0.15) is 0 Å². The van der Waals surface area contributed by atoms with Gasteiger partial charge in [-0.3, -0.25) is 4.90 Å². The fourth-order valence-electron chi connectivity index (χ4n) is 9.39. The number of nitrogens with zero attached hydrogens (tertiary/aromatic N) is 3. The third-order valence-corrected chi connectivity index (χ3v) is 9.71. The molecule has 4 saturated carbocycles. The van der Waals surface area contributed by atoms with Crippen LogP contribution in [0, 0.1) is 23.7 Å². The Kier molecular flexibility index (Phi) is 4.19. The van der Waals surface area contributed by atoms with E-state index >= 15 is 0 Å². The monoisotopic (exact) mass is 371 g/mol. The molecule has 4 heteroatoms. The van der Waals surface area contributed by atoms with Gasteiger partial charge in [0.2, 0.25) is 0 Å². The molecule has 5 aliphatic rings. The van der Waals surface area contributed by atoms with Crippen molar-refractivity contribution in [2.24, 2.45) is 23.7 Å². The first-order valence-electron chi connectivity index (χ1n) is 12.1. The van der Waals surface area contributed by atoms with Crippen molar-refractivity contribution in [3.05, 3.63) is 0 Å². The molecular formula is C23H42BN3. The van der Waals surface area contributed by atoms with Gasteiger partial charge in [-0.1, -0.05) is 74.8 Å². The highest BCUT2D eigenvalue weighted by Gasteiger charge is 2.69. The van der Waals surface area contributed by atoms with Crippen molar-refractivity contribution in [2.75, 3.05) is 14.1 Å². The molecule has 0 unspecified atom stereocenters. The molecule has 4 fully saturated rings. The van der Waals surface area contributed by atoms with E-state index in [4.69, 9.17) is 0 Å². The van der Waals surface area contributed by atoms with Crippen LogP contribution in [-0.2, 0) is 0 Å². The number of rotatable bonds is 4. The van der Waals surface area contributed by atoms with Gasteiger partial charge in [0.15, 0.2) is 0 Å². The summed E-state index contributed by atoms with van der Waals surface area (Å²) >= 11 is 0. The fraction of sp³-hybridized carbons (Fsp3) is 0.957. The molecule has 27 heavy (non-hydrogen) atoms. The van der Waals surface area contributed by atoms with E-state index in [-0.39, 0.29) is 0 Å². The Hall–Kier alpha value is -0.665. The van der Waals surface area contributed by atoms with Crippen LogP contribution in [0.25, 0.3) is 0 Å². The smallest absolute Gasteiger partial charge is 0.322 e. The van der Waals surface area contributed by atoms with Crippen LogP contribution in [0.3, 0.4) is 0 Å². The van der Waals surface area contributed by atoms with Crippen LogP contribution in [0.5, 0.6) is 0 Å². The lowest BCUT2D eigenvalue weighted by atomic mass is 9.22. The quantitative estimate of drug-likeness (QED) is 0.652. The van der Waals surface area contributed by atoms with Crippen LogP contribution < -0.4 is 0 Å². The summed E-state index contributed by atoms with van der Waals surface area (Å²) in [4.78, 5) is 5.43. The summed E-state index contributed by atoms with van der Waals surface area (Å²) in [7, 11) is 4.56. The molecule has 0 aromatic carbocycles. The minimum absolute atomic E-state index is 0.599. The fourth-order valence-corrected chi connectivity index (χ4v) is 9.39. The Labute approximate surface area is 167 Å². The van der Waals surface area contributed by atoms with Crippen molar-refractivity contribution >= 4 is 12.4 Å². The Bertz CT molecular complexity index is 612. The third-order valence-electron chi connectivity index (χ3n) is 9.71. The lowest BCUT2D eigenvalue weighted by Gasteiger charge is -2.69. The molecule has 4 aliphatic carbocycles. The summed E-state index contributed by atoms with van der Waals surface area (Å²) in [5.74, 6) is 7.57. The average Bonchev–Trinajstić information content (AvgIpc) is 3.34. The summed E-state index contributed by atoms with van der Waals surface area (Å²) < 4.78 is 3.00. The van der Waals surface area contributed by atoms with Crippen LogP contribution in [0.2, 0.25) is 11.6 Å². The molecule has 6 atom stereocenters. The molecule has 5 rings (SSSR count). The van der Waals surface area contributed by atoms with Crippen molar-refractivity contribution < 1.29 is 4.49 Å². The van der Waals surface area contributed by atoms with Crippen molar-refractivity contribution in [1.29, 1.82) is 0 Å². The van der Waals surface area contributed by atoms with E-state index in [9.17, 15) is 0 Å². The third kappa shape index (κ3) is 2.31. The van der Waals surface area contributed by atoms with Crippen molar-refractivity contribution in [2.45, 2.75) is 103 Å². The van der Waals surface area contributed by atoms with Gasteiger partial charge in [-0.15, -0.1) is 0 Å². The Morgan fingerprint density at radius 1 is 0.852 bits per heavy atom. The number of guanidine groups is 1. The summed E-state index contributed by atoms with van der Waals surface area (Å²) in [5, 5.41) is 0. The standard InChI is InChI=1S/C23H42BN3/c1-15(2)26-23(25(5)6)27(16(3)4)24(26,21-13-17-7-9-19(21)11-17)22-14-18-8-10-20(22)12-18/h15-22H,7-14H2,1-6H3/t17-,18-,19+,20+,21+,22+/m0/s1. The van der Waals surface area contributed by atoms with Gasteiger partial charge in [-0.25, -0.2) is 0 Å². The predicted molar refractivity (Wildman–Crippen MR) is 115 cm³/mol. The molecule has 0 N–H and O–H groups in total. The molecule has 0 aromatic heterocycles. The van der Waals surface area contributed by atoms with Gasteiger partial charge in [-0.2, -0.15) is 0 Å². The molecule has 0 saturated heterocycles. The van der Waals surface area contributed by atoms with E-state index in [0.717, 1.165) is 35.3 Å². The van der Waals surface area contributed by atoms with Crippen LogP contribution in [0.15, 0.2) is 0 Å². The van der Waals surface area contributed by atoms with Gasteiger partial charge in [0.25, 0.3) is 5.96 Å². The minimum Gasteiger partial charge on any atom is -0.420 e. The lowest BCUT2D eigenvalue weighted by molar-refractivity contribution is -0.488. The van der Waals surface area contributed by atoms with Crippen LogP contribution in [0.4, 0.5) is 0 Å². The molecule has 4 bridgehead atoms. The molecule has 0 amide bonds. The van der Waals surface area contributed by atoms with Crippen LogP contribution in [-0.4, -0.2) is 52.8 Å². The maximum absolute atomic E-state index is 3.00. The first kappa shape index (κ1) is 18.4. The largest absolute Gasteiger partial charge is 0.420 e. The summed E-state index contributed by atoms with van der Waals surface area (Å²) in [6.45, 7) is 9.88. The first-order chi connectivity index (χ1) is 12.9. The highest BCUT2D eigenvalue weighted by atomic mass is 15.5. The zero-order chi connectivity index (χ0) is 19.1. The summed E-state index contributed by atoms with van der Waals surface area (Å²) in [5.41, 5.74) is 0. The number of hydrogen-bond acceptors (Lipinski definition) is 2. The Morgan fingerprint density at radius 2 is 1.37 bits per heavy atom. The minimum atomic E-state index is -0.599. The van der Waals surface area contributed by atoms with E-state index < -0.39 is 6.42 Å². The first-order valence-corrected chi connectivity index (χ1v) is 12.1. The number of hydrogen-bond donors (Lipinski definition) is 0. The van der Waals surface area contributed by atoms with Crippen molar-refractivity contribution in [3.8, 4) is 0 Å². The normalized spacial score (nSPS) is 42.0. The summed E-state index contributed by atoms with van der Waals surface area (Å²) in [6, 6.07) is 1.24. The highest BCUT2D eigenvalue weighted by Crippen LogP contribution is 2.66. The number of fused-ring (bicyclic) bond motifs is 4. The molecule has 0 radical (unpaired) electrons.